The van der Waals surface area contributed by atoms with Crippen LogP contribution in [0.25, 0.3) is 0 Å². The molecule has 4 nitrogen and oxygen atoms in total. The van der Waals surface area contributed by atoms with Crippen LogP contribution in [0, 0.1) is 0 Å². The summed E-state index contributed by atoms with van der Waals surface area (Å²) in [6.45, 7) is 4.16. The molecule has 0 bridgehead atoms. The minimum absolute atomic E-state index is 0.242. The third-order valence-electron chi connectivity index (χ3n) is 3.13. The zero-order valence-corrected chi connectivity index (χ0v) is 13.0. The van der Waals surface area contributed by atoms with E-state index in [1.165, 1.54) is 0 Å². The van der Waals surface area contributed by atoms with Crippen LogP contribution in [0.2, 0.25) is 0 Å². The van der Waals surface area contributed by atoms with Crippen LogP contribution in [0.3, 0.4) is 0 Å². The molecule has 0 radical (unpaired) electrons. The first-order valence-electron chi connectivity index (χ1n) is 5.87. The van der Waals surface area contributed by atoms with E-state index in [-0.39, 0.29) is 11.4 Å². The average Bonchev–Trinajstić information content (AvgIpc) is 2.36. The lowest BCUT2D eigenvalue weighted by molar-refractivity contribution is 0.392. The van der Waals surface area contributed by atoms with Crippen LogP contribution in [0.5, 0.6) is 0 Å². The largest absolute Gasteiger partial charge is 0.324 e. The van der Waals surface area contributed by atoms with Gasteiger partial charge in [0.25, 0.3) is 0 Å². The number of rotatable bonds is 6. The molecule has 3 N–H and O–H groups in total. The number of nitrogens with two attached hydrogens (primary N) is 1. The van der Waals surface area contributed by atoms with Gasteiger partial charge in [0, 0.05) is 16.6 Å². The Hall–Kier alpha value is -0.430. The fourth-order valence-corrected chi connectivity index (χ4v) is 3.19. The molecule has 1 aromatic rings. The summed E-state index contributed by atoms with van der Waals surface area (Å²) in [5, 5.41) is 0. The summed E-state index contributed by atoms with van der Waals surface area (Å²) in [6, 6.07) is 6.60. The molecule has 6 heteroatoms. The van der Waals surface area contributed by atoms with Crippen molar-refractivity contribution in [3.05, 3.63) is 28.7 Å². The van der Waals surface area contributed by atoms with E-state index >= 15 is 0 Å². The number of hydrogen-bond donors (Lipinski definition) is 2. The fraction of sp³-hybridized carbons (Fsp3) is 0.500. The van der Waals surface area contributed by atoms with Crippen LogP contribution in [0.4, 0.5) is 0 Å². The number of sulfonamides is 1. The van der Waals surface area contributed by atoms with Crippen molar-refractivity contribution in [3.63, 3.8) is 0 Å². The highest BCUT2D eigenvalue weighted by Crippen LogP contribution is 2.17. The molecule has 0 fully saturated rings. The molecule has 0 aliphatic carbocycles. The topological polar surface area (TPSA) is 72.2 Å². The second-order valence-corrected chi connectivity index (χ2v) is 7.03. The van der Waals surface area contributed by atoms with E-state index in [1.807, 2.05) is 13.8 Å². The van der Waals surface area contributed by atoms with Crippen molar-refractivity contribution in [3.8, 4) is 0 Å². The molecule has 1 rings (SSSR count). The van der Waals surface area contributed by atoms with Crippen LogP contribution in [0.1, 0.15) is 26.7 Å². The van der Waals surface area contributed by atoms with Crippen molar-refractivity contribution < 1.29 is 8.42 Å². The van der Waals surface area contributed by atoms with E-state index in [9.17, 15) is 8.42 Å². The van der Waals surface area contributed by atoms with Gasteiger partial charge < -0.3 is 5.73 Å². The second kappa shape index (κ2) is 6.14. The summed E-state index contributed by atoms with van der Waals surface area (Å²) in [6.07, 6.45) is 1.45. The Kier molecular flexibility index (Phi) is 5.33. The van der Waals surface area contributed by atoms with Crippen molar-refractivity contribution >= 4 is 26.0 Å². The highest BCUT2D eigenvalue weighted by molar-refractivity contribution is 9.10. The Bertz CT molecular complexity index is 499. The van der Waals surface area contributed by atoms with E-state index in [0.717, 1.165) is 17.3 Å². The number of hydrogen-bond acceptors (Lipinski definition) is 3. The normalized spacial score (nSPS) is 12.7. The SMILES string of the molecule is CCC(N)(CC)CNS(=O)(=O)c1cccc(Br)c1. The van der Waals surface area contributed by atoms with Crippen LogP contribution in [-0.2, 0) is 10.0 Å². The minimum atomic E-state index is -3.50. The molecule has 0 aromatic heterocycles. The lowest BCUT2D eigenvalue weighted by Gasteiger charge is -2.26. The minimum Gasteiger partial charge on any atom is -0.324 e. The van der Waals surface area contributed by atoms with E-state index in [2.05, 4.69) is 20.7 Å². The smallest absolute Gasteiger partial charge is 0.240 e. The zero-order valence-electron chi connectivity index (χ0n) is 10.6. The van der Waals surface area contributed by atoms with Crippen LogP contribution in [-0.4, -0.2) is 20.5 Å². The Morgan fingerprint density at radius 1 is 1.33 bits per heavy atom. The summed E-state index contributed by atoms with van der Waals surface area (Å²) in [5.74, 6) is 0. The van der Waals surface area contributed by atoms with E-state index in [0.29, 0.717) is 0 Å². The van der Waals surface area contributed by atoms with Gasteiger partial charge in [0.1, 0.15) is 0 Å². The summed E-state index contributed by atoms with van der Waals surface area (Å²) >= 11 is 3.26. The maximum Gasteiger partial charge on any atom is 0.240 e. The van der Waals surface area contributed by atoms with Gasteiger partial charge in [0.15, 0.2) is 0 Å². The number of nitrogens with one attached hydrogen (secondary N) is 1. The molecular formula is C12H19BrN2O2S. The van der Waals surface area contributed by atoms with Gasteiger partial charge in [-0.1, -0.05) is 35.8 Å². The molecule has 0 saturated carbocycles. The Morgan fingerprint density at radius 2 is 1.94 bits per heavy atom. The highest BCUT2D eigenvalue weighted by atomic mass is 79.9. The second-order valence-electron chi connectivity index (χ2n) is 4.35. The van der Waals surface area contributed by atoms with Crippen LogP contribution in [0.15, 0.2) is 33.6 Å². The molecule has 0 amide bonds. The summed E-state index contributed by atoms with van der Waals surface area (Å²) in [4.78, 5) is 0.242. The molecule has 0 unspecified atom stereocenters. The molecule has 102 valence electrons. The van der Waals surface area contributed by atoms with Gasteiger partial charge >= 0.3 is 0 Å². The standard InChI is InChI=1S/C12H19BrN2O2S/c1-3-12(14,4-2)9-15-18(16,17)11-7-5-6-10(13)8-11/h5-8,15H,3-4,9,14H2,1-2H3. The Labute approximate surface area is 117 Å². The zero-order chi connectivity index (χ0) is 13.8. The van der Waals surface area contributed by atoms with Crippen molar-refractivity contribution in [1.82, 2.24) is 4.72 Å². The molecule has 0 aliphatic rings. The van der Waals surface area contributed by atoms with Gasteiger partial charge in [-0.15, -0.1) is 0 Å². The fourth-order valence-electron chi connectivity index (χ4n) is 1.46. The van der Waals surface area contributed by atoms with Gasteiger partial charge in [-0.3, -0.25) is 0 Å². The summed E-state index contributed by atoms with van der Waals surface area (Å²) in [7, 11) is -3.50. The predicted octanol–water partition coefficient (Wildman–Crippen LogP) is 2.24. The molecular weight excluding hydrogens is 316 g/mol. The Balaban J connectivity index is 2.84. The van der Waals surface area contributed by atoms with Crippen molar-refractivity contribution in [2.75, 3.05) is 6.54 Å². The first-order chi connectivity index (χ1) is 8.33. The van der Waals surface area contributed by atoms with Gasteiger partial charge in [-0.05, 0) is 31.0 Å². The number of benzene rings is 1. The predicted molar refractivity (Wildman–Crippen MR) is 76.8 cm³/mol. The van der Waals surface area contributed by atoms with E-state index < -0.39 is 15.6 Å². The lowest BCUT2D eigenvalue weighted by Crippen LogP contribution is -2.49. The third-order valence-corrected chi connectivity index (χ3v) is 5.02. The van der Waals surface area contributed by atoms with E-state index in [1.54, 1.807) is 24.3 Å². The number of halogens is 1. The quantitative estimate of drug-likeness (QED) is 0.837. The van der Waals surface area contributed by atoms with Crippen molar-refractivity contribution in [2.24, 2.45) is 5.73 Å². The van der Waals surface area contributed by atoms with Gasteiger partial charge in [0.05, 0.1) is 4.90 Å². The average molecular weight is 335 g/mol. The monoisotopic (exact) mass is 334 g/mol. The maximum absolute atomic E-state index is 12.1. The van der Waals surface area contributed by atoms with Gasteiger partial charge in [-0.25, -0.2) is 13.1 Å². The molecule has 0 spiro atoms. The lowest BCUT2D eigenvalue weighted by atomic mass is 9.95. The third kappa shape index (κ3) is 4.05. The Morgan fingerprint density at radius 3 is 2.44 bits per heavy atom. The van der Waals surface area contributed by atoms with Crippen LogP contribution >= 0.6 is 15.9 Å². The van der Waals surface area contributed by atoms with Crippen molar-refractivity contribution in [2.45, 2.75) is 37.1 Å². The van der Waals surface area contributed by atoms with Crippen LogP contribution < -0.4 is 10.5 Å². The molecule has 0 atom stereocenters. The highest BCUT2D eigenvalue weighted by Gasteiger charge is 2.23. The maximum atomic E-state index is 12.1. The van der Waals surface area contributed by atoms with Gasteiger partial charge in [-0.2, -0.15) is 0 Å². The summed E-state index contributed by atoms with van der Waals surface area (Å²) < 4.78 is 27.5. The first-order valence-corrected chi connectivity index (χ1v) is 8.15. The molecule has 0 saturated heterocycles. The first kappa shape index (κ1) is 15.6. The van der Waals surface area contributed by atoms with Crippen molar-refractivity contribution in [1.29, 1.82) is 0 Å². The van der Waals surface area contributed by atoms with E-state index in [4.69, 9.17) is 5.73 Å². The van der Waals surface area contributed by atoms with Gasteiger partial charge in [0.2, 0.25) is 10.0 Å². The summed E-state index contributed by atoms with van der Waals surface area (Å²) in [5.41, 5.74) is 5.59. The molecule has 18 heavy (non-hydrogen) atoms. The molecule has 0 heterocycles. The molecule has 1 aromatic carbocycles. The molecule has 0 aliphatic heterocycles.